The van der Waals surface area contributed by atoms with Crippen LogP contribution in [0.4, 0.5) is 4.39 Å². The summed E-state index contributed by atoms with van der Waals surface area (Å²) in [5, 5.41) is 19.3. The smallest absolute Gasteiger partial charge is 0.312 e. The molecular formula is C20H23ClFNO3. The molecule has 2 aromatic rings. The first kappa shape index (κ1) is 20.4. The van der Waals surface area contributed by atoms with E-state index in [1.165, 1.54) is 12.1 Å². The van der Waals surface area contributed by atoms with Crippen LogP contribution in [0.2, 0.25) is 5.02 Å². The van der Waals surface area contributed by atoms with E-state index in [1.807, 2.05) is 12.1 Å². The Kier molecular flexibility index (Phi) is 6.75. The van der Waals surface area contributed by atoms with Crippen molar-refractivity contribution in [2.45, 2.75) is 32.2 Å². The number of hydrogen-bond donors (Lipinski definition) is 3. The molecule has 1 unspecified atom stereocenters. The molecule has 26 heavy (non-hydrogen) atoms. The van der Waals surface area contributed by atoms with Gasteiger partial charge in [-0.2, -0.15) is 0 Å². The quantitative estimate of drug-likeness (QED) is 0.650. The van der Waals surface area contributed by atoms with Gasteiger partial charge in [0, 0.05) is 16.6 Å². The maximum Gasteiger partial charge on any atom is 0.312 e. The maximum atomic E-state index is 13.9. The second-order valence-corrected chi connectivity index (χ2v) is 7.02. The van der Waals surface area contributed by atoms with Crippen molar-refractivity contribution in [3.05, 3.63) is 58.9 Å². The van der Waals surface area contributed by atoms with Crippen LogP contribution in [-0.4, -0.2) is 28.8 Å². The van der Waals surface area contributed by atoms with E-state index in [2.05, 4.69) is 0 Å². The molecular weight excluding hydrogens is 357 g/mol. The molecule has 0 heterocycles. The zero-order valence-electron chi connectivity index (χ0n) is 14.6. The topological polar surface area (TPSA) is 83.5 Å². The van der Waals surface area contributed by atoms with E-state index in [4.69, 9.17) is 17.3 Å². The summed E-state index contributed by atoms with van der Waals surface area (Å²) in [5.41, 5.74) is 6.94. The molecule has 2 atom stereocenters. The summed E-state index contributed by atoms with van der Waals surface area (Å²) in [4.78, 5) is 11.5. The van der Waals surface area contributed by atoms with E-state index in [-0.39, 0.29) is 12.2 Å². The highest BCUT2D eigenvalue weighted by Gasteiger charge is 2.37. The maximum absolute atomic E-state index is 13.9. The van der Waals surface area contributed by atoms with Crippen LogP contribution in [0.3, 0.4) is 0 Å². The molecule has 2 rings (SSSR count). The van der Waals surface area contributed by atoms with Crippen LogP contribution in [0.1, 0.15) is 25.3 Å². The first-order chi connectivity index (χ1) is 12.3. The number of hydrogen-bond acceptors (Lipinski definition) is 3. The second kappa shape index (κ2) is 8.62. The van der Waals surface area contributed by atoms with Crippen LogP contribution in [0, 0.1) is 11.2 Å². The van der Waals surface area contributed by atoms with Crippen LogP contribution < -0.4 is 5.73 Å². The monoisotopic (exact) mass is 379 g/mol. The fourth-order valence-corrected chi connectivity index (χ4v) is 3.21. The Morgan fingerprint density at radius 1 is 1.27 bits per heavy atom. The van der Waals surface area contributed by atoms with Crippen molar-refractivity contribution in [2.75, 3.05) is 6.61 Å². The summed E-state index contributed by atoms with van der Waals surface area (Å²) >= 11 is 5.93. The van der Waals surface area contributed by atoms with Gasteiger partial charge in [0.1, 0.15) is 5.82 Å². The predicted molar refractivity (Wildman–Crippen MR) is 101 cm³/mol. The Morgan fingerprint density at radius 2 is 1.92 bits per heavy atom. The van der Waals surface area contributed by atoms with E-state index in [9.17, 15) is 19.4 Å². The van der Waals surface area contributed by atoms with Crippen LogP contribution in [0.25, 0.3) is 11.1 Å². The molecule has 0 aliphatic heterocycles. The van der Waals surface area contributed by atoms with Gasteiger partial charge in [0.25, 0.3) is 0 Å². The molecule has 0 radical (unpaired) electrons. The van der Waals surface area contributed by atoms with Gasteiger partial charge < -0.3 is 15.9 Å². The van der Waals surface area contributed by atoms with Gasteiger partial charge in [-0.3, -0.25) is 4.79 Å². The van der Waals surface area contributed by atoms with Crippen LogP contribution in [0.5, 0.6) is 0 Å². The zero-order chi connectivity index (χ0) is 19.3. The molecule has 0 saturated heterocycles. The fourth-order valence-electron chi connectivity index (χ4n) is 3.04. The Labute approximate surface area is 157 Å². The lowest BCUT2D eigenvalue weighted by Crippen LogP contribution is -2.41. The molecule has 0 spiro atoms. The highest BCUT2D eigenvalue weighted by Crippen LogP contribution is 2.29. The third kappa shape index (κ3) is 4.61. The Balaban J connectivity index is 2.11. The number of carbonyl (C=O) groups is 1. The molecule has 0 aromatic heterocycles. The van der Waals surface area contributed by atoms with Gasteiger partial charge in [-0.15, -0.1) is 0 Å². The molecule has 4 nitrogen and oxygen atoms in total. The molecule has 6 heteroatoms. The molecule has 140 valence electrons. The summed E-state index contributed by atoms with van der Waals surface area (Å²) < 4.78 is 13.9. The SMILES string of the molecule is CCC(CO)(C[C@H](N)Cc1ccc(-c2cc(Cl)ccc2F)cc1)C(=O)O. The first-order valence-corrected chi connectivity index (χ1v) is 8.83. The standard InChI is InChI=1S/C20H23ClFNO3/c1-2-20(12-24,19(25)26)11-16(23)9-13-3-5-14(6-4-13)17-10-15(21)7-8-18(17)22/h3-8,10,16,24H,2,9,11-12,23H2,1H3,(H,25,26)/t16-,20?/m1/s1. The largest absolute Gasteiger partial charge is 0.481 e. The lowest BCUT2D eigenvalue weighted by molar-refractivity contribution is -0.152. The van der Waals surface area contributed by atoms with Crippen molar-refractivity contribution in [3.63, 3.8) is 0 Å². The molecule has 2 aromatic carbocycles. The minimum Gasteiger partial charge on any atom is -0.481 e. The summed E-state index contributed by atoms with van der Waals surface area (Å²) in [6.45, 7) is 1.28. The van der Waals surface area contributed by atoms with Crippen LogP contribution in [-0.2, 0) is 11.2 Å². The zero-order valence-corrected chi connectivity index (χ0v) is 15.3. The normalized spacial score (nSPS) is 14.7. The van der Waals surface area contributed by atoms with Crippen molar-refractivity contribution in [1.29, 1.82) is 0 Å². The van der Waals surface area contributed by atoms with Crippen LogP contribution in [0.15, 0.2) is 42.5 Å². The number of carboxylic acids is 1. The van der Waals surface area contributed by atoms with Gasteiger partial charge in [-0.05, 0) is 48.6 Å². The van der Waals surface area contributed by atoms with Crippen molar-refractivity contribution in [2.24, 2.45) is 11.1 Å². The van der Waals surface area contributed by atoms with Crippen LogP contribution >= 0.6 is 11.6 Å². The first-order valence-electron chi connectivity index (χ1n) is 8.45. The Morgan fingerprint density at radius 3 is 2.46 bits per heavy atom. The average molecular weight is 380 g/mol. The number of aliphatic hydroxyl groups excluding tert-OH is 1. The third-order valence-electron chi connectivity index (χ3n) is 4.78. The summed E-state index contributed by atoms with van der Waals surface area (Å²) in [7, 11) is 0. The number of benzene rings is 2. The van der Waals surface area contributed by atoms with E-state index >= 15 is 0 Å². The molecule has 0 fully saturated rings. The number of halogens is 2. The van der Waals surface area contributed by atoms with Crippen molar-refractivity contribution >= 4 is 17.6 Å². The number of rotatable bonds is 8. The Bertz CT molecular complexity index is 760. The highest BCUT2D eigenvalue weighted by atomic mass is 35.5. The highest BCUT2D eigenvalue weighted by molar-refractivity contribution is 6.30. The molecule has 4 N–H and O–H groups in total. The summed E-state index contributed by atoms with van der Waals surface area (Å²) in [5.74, 6) is -1.39. The second-order valence-electron chi connectivity index (χ2n) is 6.59. The molecule has 0 saturated carbocycles. The van der Waals surface area contributed by atoms with Gasteiger partial charge in [0.05, 0.1) is 12.0 Å². The van der Waals surface area contributed by atoms with Gasteiger partial charge >= 0.3 is 5.97 Å². The number of aliphatic carboxylic acids is 1. The number of aliphatic hydroxyl groups is 1. The summed E-state index contributed by atoms with van der Waals surface area (Å²) in [6, 6.07) is 11.2. The van der Waals surface area contributed by atoms with E-state index in [0.717, 1.165) is 5.56 Å². The van der Waals surface area contributed by atoms with Gasteiger partial charge in [0.2, 0.25) is 0 Å². The van der Waals surface area contributed by atoms with Crippen molar-refractivity contribution < 1.29 is 19.4 Å². The van der Waals surface area contributed by atoms with Crippen molar-refractivity contribution in [1.82, 2.24) is 0 Å². The minimum absolute atomic E-state index is 0.181. The lowest BCUT2D eigenvalue weighted by Gasteiger charge is -2.28. The van der Waals surface area contributed by atoms with E-state index in [1.54, 1.807) is 25.1 Å². The minimum atomic E-state index is -1.22. The molecule has 0 aliphatic carbocycles. The number of carboxylic acid groups (broad SMARTS) is 1. The average Bonchev–Trinajstić information content (AvgIpc) is 2.62. The molecule has 0 bridgehead atoms. The lowest BCUT2D eigenvalue weighted by atomic mass is 9.79. The predicted octanol–water partition coefficient (Wildman–Crippen LogP) is 3.88. The fraction of sp³-hybridized carbons (Fsp3) is 0.350. The van der Waals surface area contributed by atoms with Crippen molar-refractivity contribution in [3.8, 4) is 11.1 Å². The molecule has 0 aliphatic rings. The van der Waals surface area contributed by atoms with Gasteiger partial charge in [-0.25, -0.2) is 4.39 Å². The third-order valence-corrected chi connectivity index (χ3v) is 5.01. The van der Waals surface area contributed by atoms with Gasteiger partial charge in [0.15, 0.2) is 0 Å². The van der Waals surface area contributed by atoms with E-state index in [0.29, 0.717) is 29.0 Å². The molecule has 0 amide bonds. The number of nitrogens with two attached hydrogens (primary N) is 1. The van der Waals surface area contributed by atoms with E-state index < -0.39 is 24.0 Å². The summed E-state index contributed by atoms with van der Waals surface area (Å²) in [6.07, 6.45) is 0.951. The van der Waals surface area contributed by atoms with Gasteiger partial charge in [-0.1, -0.05) is 42.8 Å². The Hall–Kier alpha value is -1.95.